The van der Waals surface area contributed by atoms with E-state index in [4.69, 9.17) is 5.73 Å². The van der Waals surface area contributed by atoms with E-state index in [9.17, 15) is 19.7 Å². The molecule has 4 N–H and O–H groups in total. The SMILES string of the molecule is CC(C)C[C@H](N)C(=O)N[C@@H](C)C(=O)NCc1ccc([N+](=O)[O-])cc1. The predicted molar refractivity (Wildman–Crippen MR) is 90.0 cm³/mol. The Morgan fingerprint density at radius 2 is 1.75 bits per heavy atom. The molecule has 0 unspecified atom stereocenters. The van der Waals surface area contributed by atoms with E-state index in [1.165, 1.54) is 12.1 Å². The molecule has 0 saturated heterocycles. The van der Waals surface area contributed by atoms with Gasteiger partial charge in [0.1, 0.15) is 6.04 Å². The Bertz CT molecular complexity index is 586. The number of non-ortho nitro benzene ring substituents is 1. The molecule has 0 bridgehead atoms. The standard InChI is InChI=1S/C16H24N4O4/c1-10(2)8-14(17)16(22)19-11(3)15(21)18-9-12-4-6-13(7-5-12)20(23)24/h4-7,10-11,14H,8-9,17H2,1-3H3,(H,18,21)(H,19,22)/t11-,14-/m0/s1. The highest BCUT2D eigenvalue weighted by Gasteiger charge is 2.20. The average Bonchev–Trinajstić information content (AvgIpc) is 2.52. The summed E-state index contributed by atoms with van der Waals surface area (Å²) in [7, 11) is 0. The van der Waals surface area contributed by atoms with Gasteiger partial charge in [0.05, 0.1) is 11.0 Å². The van der Waals surface area contributed by atoms with Crippen molar-refractivity contribution in [3.63, 3.8) is 0 Å². The summed E-state index contributed by atoms with van der Waals surface area (Å²) in [5.41, 5.74) is 6.49. The molecule has 0 aliphatic carbocycles. The number of nitrogens with zero attached hydrogens (tertiary/aromatic N) is 1. The molecular weight excluding hydrogens is 312 g/mol. The van der Waals surface area contributed by atoms with Crippen LogP contribution in [0.15, 0.2) is 24.3 Å². The number of nitro benzene ring substituents is 1. The number of hydrogen-bond acceptors (Lipinski definition) is 5. The zero-order valence-electron chi connectivity index (χ0n) is 14.1. The Hall–Kier alpha value is -2.48. The highest BCUT2D eigenvalue weighted by molar-refractivity contribution is 5.89. The van der Waals surface area contributed by atoms with Gasteiger partial charge in [-0.05, 0) is 24.8 Å². The maximum atomic E-state index is 12.0. The van der Waals surface area contributed by atoms with Crippen LogP contribution in [0.5, 0.6) is 0 Å². The first-order valence-corrected chi connectivity index (χ1v) is 7.77. The van der Waals surface area contributed by atoms with Crippen molar-refractivity contribution in [3.05, 3.63) is 39.9 Å². The first-order chi connectivity index (χ1) is 11.2. The van der Waals surface area contributed by atoms with Gasteiger partial charge in [-0.1, -0.05) is 26.0 Å². The minimum Gasteiger partial charge on any atom is -0.350 e. The average molecular weight is 336 g/mol. The molecule has 0 radical (unpaired) electrons. The Balaban J connectivity index is 2.46. The van der Waals surface area contributed by atoms with Gasteiger partial charge in [-0.3, -0.25) is 19.7 Å². The highest BCUT2D eigenvalue weighted by atomic mass is 16.6. The fraction of sp³-hybridized carbons (Fsp3) is 0.500. The number of amides is 2. The van der Waals surface area contributed by atoms with Gasteiger partial charge in [-0.15, -0.1) is 0 Å². The largest absolute Gasteiger partial charge is 0.350 e. The first kappa shape index (κ1) is 19.6. The number of nitro groups is 1. The second-order valence-electron chi connectivity index (χ2n) is 6.11. The van der Waals surface area contributed by atoms with Crippen molar-refractivity contribution in [1.29, 1.82) is 0 Å². The topological polar surface area (TPSA) is 127 Å². The van der Waals surface area contributed by atoms with Crippen LogP contribution in [-0.4, -0.2) is 28.8 Å². The number of carbonyl (C=O) groups is 2. The van der Waals surface area contributed by atoms with Crippen molar-refractivity contribution < 1.29 is 14.5 Å². The number of hydrogen-bond donors (Lipinski definition) is 3. The molecule has 0 aliphatic heterocycles. The van der Waals surface area contributed by atoms with Crippen LogP contribution in [0.4, 0.5) is 5.69 Å². The van der Waals surface area contributed by atoms with Crippen molar-refractivity contribution >= 4 is 17.5 Å². The van der Waals surface area contributed by atoms with Gasteiger partial charge in [0.15, 0.2) is 0 Å². The second-order valence-corrected chi connectivity index (χ2v) is 6.11. The fourth-order valence-electron chi connectivity index (χ4n) is 2.08. The molecule has 1 rings (SSSR count). The van der Waals surface area contributed by atoms with Crippen LogP contribution in [0.3, 0.4) is 0 Å². The Labute approximate surface area is 140 Å². The van der Waals surface area contributed by atoms with E-state index in [1.807, 2.05) is 13.8 Å². The third-order valence-corrected chi connectivity index (χ3v) is 3.43. The van der Waals surface area contributed by atoms with E-state index in [2.05, 4.69) is 10.6 Å². The third kappa shape index (κ3) is 6.33. The van der Waals surface area contributed by atoms with E-state index >= 15 is 0 Å². The maximum absolute atomic E-state index is 12.0. The van der Waals surface area contributed by atoms with Crippen LogP contribution in [-0.2, 0) is 16.1 Å². The predicted octanol–water partition coefficient (Wildman–Crippen LogP) is 1.09. The van der Waals surface area contributed by atoms with Gasteiger partial charge in [0.25, 0.3) is 5.69 Å². The van der Waals surface area contributed by atoms with Gasteiger partial charge >= 0.3 is 0 Å². The minimum absolute atomic E-state index is 0.00940. The van der Waals surface area contributed by atoms with Crippen LogP contribution in [0.25, 0.3) is 0 Å². The summed E-state index contributed by atoms with van der Waals surface area (Å²) in [4.78, 5) is 34.0. The normalized spacial score (nSPS) is 13.2. The van der Waals surface area contributed by atoms with E-state index in [-0.39, 0.29) is 30.0 Å². The summed E-state index contributed by atoms with van der Waals surface area (Å²) < 4.78 is 0. The molecule has 24 heavy (non-hydrogen) atoms. The second kappa shape index (κ2) is 8.97. The summed E-state index contributed by atoms with van der Waals surface area (Å²) in [5, 5.41) is 15.8. The molecule has 0 aromatic heterocycles. The molecule has 0 heterocycles. The third-order valence-electron chi connectivity index (χ3n) is 3.43. The van der Waals surface area contributed by atoms with Crippen molar-refractivity contribution in [2.45, 2.75) is 45.8 Å². The minimum atomic E-state index is -0.714. The van der Waals surface area contributed by atoms with E-state index in [1.54, 1.807) is 19.1 Å². The van der Waals surface area contributed by atoms with Crippen LogP contribution in [0.1, 0.15) is 32.8 Å². The molecular formula is C16H24N4O4. The maximum Gasteiger partial charge on any atom is 0.269 e. The molecule has 0 saturated carbocycles. The summed E-state index contributed by atoms with van der Waals surface area (Å²) >= 11 is 0. The molecule has 0 fully saturated rings. The van der Waals surface area contributed by atoms with Crippen molar-refractivity contribution in [2.24, 2.45) is 11.7 Å². The van der Waals surface area contributed by atoms with E-state index in [0.717, 1.165) is 5.56 Å². The van der Waals surface area contributed by atoms with Gasteiger partial charge in [-0.2, -0.15) is 0 Å². The number of benzene rings is 1. The Kier molecular flexibility index (Phi) is 7.31. The molecule has 0 spiro atoms. The molecule has 8 heteroatoms. The number of carbonyl (C=O) groups excluding carboxylic acids is 2. The lowest BCUT2D eigenvalue weighted by Crippen LogP contribution is -2.50. The van der Waals surface area contributed by atoms with Gasteiger partial charge < -0.3 is 16.4 Å². The van der Waals surface area contributed by atoms with Crippen LogP contribution < -0.4 is 16.4 Å². The molecule has 8 nitrogen and oxygen atoms in total. The number of nitrogens with two attached hydrogens (primary N) is 1. The monoisotopic (exact) mass is 336 g/mol. The van der Waals surface area contributed by atoms with Gasteiger partial charge in [0, 0.05) is 18.7 Å². The zero-order chi connectivity index (χ0) is 18.3. The molecule has 1 aromatic carbocycles. The zero-order valence-corrected chi connectivity index (χ0v) is 14.1. The van der Waals surface area contributed by atoms with Crippen LogP contribution in [0, 0.1) is 16.0 Å². The van der Waals surface area contributed by atoms with Crippen LogP contribution >= 0.6 is 0 Å². The lowest BCUT2D eigenvalue weighted by molar-refractivity contribution is -0.384. The van der Waals surface area contributed by atoms with Crippen molar-refractivity contribution in [3.8, 4) is 0 Å². The summed E-state index contributed by atoms with van der Waals surface area (Å²) in [6.45, 7) is 5.72. The fourth-order valence-corrected chi connectivity index (χ4v) is 2.08. The van der Waals surface area contributed by atoms with Crippen LogP contribution in [0.2, 0.25) is 0 Å². The van der Waals surface area contributed by atoms with Gasteiger partial charge in [0.2, 0.25) is 11.8 Å². The number of nitrogens with one attached hydrogen (secondary N) is 2. The lowest BCUT2D eigenvalue weighted by atomic mass is 10.0. The molecule has 132 valence electrons. The van der Waals surface area contributed by atoms with Gasteiger partial charge in [-0.25, -0.2) is 0 Å². The molecule has 2 amide bonds. The highest BCUT2D eigenvalue weighted by Crippen LogP contribution is 2.11. The van der Waals surface area contributed by atoms with Crippen molar-refractivity contribution in [2.75, 3.05) is 0 Å². The van der Waals surface area contributed by atoms with E-state index < -0.39 is 17.0 Å². The quantitative estimate of drug-likeness (QED) is 0.483. The lowest BCUT2D eigenvalue weighted by Gasteiger charge is -2.18. The smallest absolute Gasteiger partial charge is 0.269 e. The molecule has 1 aromatic rings. The summed E-state index contributed by atoms with van der Waals surface area (Å²) in [6.07, 6.45) is 0.545. The molecule has 2 atom stereocenters. The first-order valence-electron chi connectivity index (χ1n) is 7.77. The number of rotatable bonds is 8. The summed E-state index contributed by atoms with van der Waals surface area (Å²) in [6, 6.07) is 4.53. The molecule has 0 aliphatic rings. The summed E-state index contributed by atoms with van der Waals surface area (Å²) in [5.74, 6) is -0.419. The Morgan fingerprint density at radius 3 is 2.25 bits per heavy atom. The van der Waals surface area contributed by atoms with E-state index in [0.29, 0.717) is 6.42 Å². The van der Waals surface area contributed by atoms with Crippen molar-refractivity contribution in [1.82, 2.24) is 10.6 Å². The Morgan fingerprint density at radius 1 is 1.17 bits per heavy atom.